The molecule has 1 nitrogen and oxygen atoms in total. The second kappa shape index (κ2) is 6.29. The van der Waals surface area contributed by atoms with E-state index < -0.39 is 24.0 Å². The number of benzene rings is 1. The van der Waals surface area contributed by atoms with Gasteiger partial charge in [0.2, 0.25) is 0 Å². The lowest BCUT2D eigenvalue weighted by atomic mass is 10.1. The Morgan fingerprint density at radius 3 is 1.67 bits per heavy atom. The largest absolute Gasteiger partial charge is 0.467 e. The van der Waals surface area contributed by atoms with Gasteiger partial charge < -0.3 is 0 Å². The second-order valence-corrected chi connectivity index (χ2v) is 3.32. The molecule has 0 N–H and O–H groups in total. The van der Waals surface area contributed by atoms with Crippen molar-refractivity contribution in [3.8, 4) is 0 Å². The molecule has 0 atom stereocenters. The van der Waals surface area contributed by atoms with Gasteiger partial charge in [-0.3, -0.25) is 0 Å². The van der Waals surface area contributed by atoms with Crippen molar-refractivity contribution in [1.29, 1.82) is 0 Å². The maximum atomic E-state index is 12.1. The van der Waals surface area contributed by atoms with Crippen LogP contribution in [0.25, 0.3) is 0 Å². The molecule has 0 saturated heterocycles. The van der Waals surface area contributed by atoms with Gasteiger partial charge in [0.25, 0.3) is 0 Å². The van der Waals surface area contributed by atoms with Crippen molar-refractivity contribution in [1.82, 2.24) is 4.90 Å². The van der Waals surface area contributed by atoms with Gasteiger partial charge in [0.15, 0.2) is 0 Å². The zero-order valence-electron chi connectivity index (χ0n) is 8.92. The Hall–Kier alpha value is -0.950. The fourth-order valence-corrected chi connectivity index (χ4v) is 1.28. The highest BCUT2D eigenvalue weighted by atomic mass is 35.5. The van der Waals surface area contributed by atoms with Crippen LogP contribution in [0.15, 0.2) is 30.3 Å². The molecular formula is C10H10ClF6N. The number of hydrogen-bond acceptors (Lipinski definition) is 1. The predicted octanol–water partition coefficient (Wildman–Crippen LogP) is 3.99. The Labute approximate surface area is 106 Å². The minimum Gasteiger partial charge on any atom is -0.155 e. The molecule has 0 saturated carbocycles. The van der Waals surface area contributed by atoms with Crippen LogP contribution in [0.5, 0.6) is 0 Å². The fraction of sp³-hybridized carbons (Fsp3) is 0.400. The van der Waals surface area contributed by atoms with Gasteiger partial charge in [-0.25, -0.2) is 0 Å². The average molecular weight is 294 g/mol. The first kappa shape index (κ1) is 17.1. The summed E-state index contributed by atoms with van der Waals surface area (Å²) in [6.45, 7) is -1.14. The van der Waals surface area contributed by atoms with Crippen LogP contribution in [-0.4, -0.2) is 24.0 Å². The summed E-state index contributed by atoms with van der Waals surface area (Å²) in [5, 5.41) is 0. The summed E-state index contributed by atoms with van der Waals surface area (Å²) in [6, 6.07) is 7.70. The van der Waals surface area contributed by atoms with Gasteiger partial charge in [0.05, 0.1) is 0 Å². The molecule has 0 aromatic heterocycles. The standard InChI is InChI=1S/C10H9F6N.ClH/c11-9(12,13)17(10(14,15)16)7-6-8-4-2-1-3-5-8;/h1-5H,6-7H2;1H. The highest BCUT2D eigenvalue weighted by Gasteiger charge is 2.53. The van der Waals surface area contributed by atoms with Crippen molar-refractivity contribution in [3.63, 3.8) is 0 Å². The quantitative estimate of drug-likeness (QED) is 0.601. The molecule has 8 heteroatoms. The van der Waals surface area contributed by atoms with E-state index in [-0.39, 0.29) is 18.8 Å². The van der Waals surface area contributed by atoms with Crippen LogP contribution >= 0.6 is 12.4 Å². The maximum Gasteiger partial charge on any atom is 0.467 e. The van der Waals surface area contributed by atoms with Crippen molar-refractivity contribution in [2.75, 3.05) is 6.54 Å². The lowest BCUT2D eigenvalue weighted by Crippen LogP contribution is -2.48. The molecule has 0 heterocycles. The summed E-state index contributed by atoms with van der Waals surface area (Å²) in [6.07, 6.45) is -11.1. The summed E-state index contributed by atoms with van der Waals surface area (Å²) in [7, 11) is 0. The molecule has 0 aliphatic rings. The minimum absolute atomic E-state index is 0. The van der Waals surface area contributed by atoms with Crippen molar-refractivity contribution >= 4 is 12.4 Å². The van der Waals surface area contributed by atoms with Crippen LogP contribution < -0.4 is 0 Å². The van der Waals surface area contributed by atoms with Crippen molar-refractivity contribution in [2.45, 2.75) is 19.0 Å². The van der Waals surface area contributed by atoms with Gasteiger partial charge in [-0.15, -0.1) is 17.3 Å². The number of nitrogens with zero attached hydrogens (tertiary/aromatic N) is 1. The number of halogens is 7. The van der Waals surface area contributed by atoms with Crippen LogP contribution in [0, 0.1) is 0 Å². The molecule has 0 spiro atoms. The van der Waals surface area contributed by atoms with Crippen molar-refractivity contribution in [3.05, 3.63) is 35.9 Å². The van der Waals surface area contributed by atoms with Gasteiger partial charge >= 0.3 is 12.6 Å². The Kier molecular flexibility index (Phi) is 5.95. The Morgan fingerprint density at radius 2 is 1.28 bits per heavy atom. The maximum absolute atomic E-state index is 12.1. The first-order valence-corrected chi connectivity index (χ1v) is 4.66. The normalized spacial score (nSPS) is 12.4. The number of rotatable bonds is 3. The SMILES string of the molecule is Cl.FC(F)(F)N(CCc1ccccc1)C(F)(F)F. The van der Waals surface area contributed by atoms with E-state index in [1.807, 2.05) is 0 Å². The Balaban J connectivity index is 0.00000289. The number of hydrogen-bond donors (Lipinski definition) is 0. The third-order valence-corrected chi connectivity index (χ3v) is 2.08. The van der Waals surface area contributed by atoms with Gasteiger partial charge in [-0.1, -0.05) is 30.3 Å². The van der Waals surface area contributed by atoms with E-state index in [1.165, 1.54) is 12.1 Å². The topological polar surface area (TPSA) is 3.24 Å². The first-order valence-electron chi connectivity index (χ1n) is 4.66. The monoisotopic (exact) mass is 293 g/mol. The summed E-state index contributed by atoms with van der Waals surface area (Å²) in [5.74, 6) is 0. The fourth-order valence-electron chi connectivity index (χ4n) is 1.28. The average Bonchev–Trinajstić information content (AvgIpc) is 2.15. The van der Waals surface area contributed by atoms with E-state index in [2.05, 4.69) is 0 Å². The second-order valence-electron chi connectivity index (χ2n) is 3.32. The third kappa shape index (κ3) is 5.14. The Morgan fingerprint density at radius 1 is 0.833 bits per heavy atom. The molecule has 0 aliphatic heterocycles. The lowest BCUT2D eigenvalue weighted by Gasteiger charge is -2.26. The van der Waals surface area contributed by atoms with Crippen LogP contribution in [0.1, 0.15) is 5.56 Å². The van der Waals surface area contributed by atoms with Crippen LogP contribution in [0.2, 0.25) is 0 Å². The van der Waals surface area contributed by atoms with Crippen molar-refractivity contribution < 1.29 is 26.3 Å². The molecule has 0 amide bonds. The van der Waals surface area contributed by atoms with E-state index in [9.17, 15) is 26.3 Å². The lowest BCUT2D eigenvalue weighted by molar-refractivity contribution is -0.372. The summed E-state index contributed by atoms with van der Waals surface area (Å²) in [4.78, 5) is -1.42. The third-order valence-electron chi connectivity index (χ3n) is 2.08. The molecule has 0 aliphatic carbocycles. The van der Waals surface area contributed by atoms with Gasteiger partial charge in [-0.2, -0.15) is 26.3 Å². The molecule has 104 valence electrons. The smallest absolute Gasteiger partial charge is 0.155 e. The highest BCUT2D eigenvalue weighted by Crippen LogP contribution is 2.33. The molecule has 1 aromatic carbocycles. The summed E-state index contributed by atoms with van der Waals surface area (Å²) < 4.78 is 72.7. The number of alkyl halides is 6. The van der Waals surface area contributed by atoms with Crippen LogP contribution in [0.4, 0.5) is 26.3 Å². The minimum atomic E-state index is -5.41. The molecular weight excluding hydrogens is 284 g/mol. The van der Waals surface area contributed by atoms with Crippen LogP contribution in [0.3, 0.4) is 0 Å². The zero-order valence-corrected chi connectivity index (χ0v) is 9.74. The van der Waals surface area contributed by atoms with E-state index in [0.29, 0.717) is 5.56 Å². The molecule has 0 unspecified atom stereocenters. The van der Waals surface area contributed by atoms with E-state index in [1.54, 1.807) is 18.2 Å². The zero-order chi connectivity index (χ0) is 13.1. The summed E-state index contributed by atoms with van der Waals surface area (Å²) in [5.41, 5.74) is 0.422. The summed E-state index contributed by atoms with van der Waals surface area (Å²) >= 11 is 0. The van der Waals surface area contributed by atoms with Crippen LogP contribution in [-0.2, 0) is 6.42 Å². The molecule has 18 heavy (non-hydrogen) atoms. The Bertz CT molecular complexity index is 334. The molecule has 1 rings (SSSR count). The van der Waals surface area contributed by atoms with E-state index >= 15 is 0 Å². The van der Waals surface area contributed by atoms with Gasteiger partial charge in [0.1, 0.15) is 0 Å². The molecule has 1 aromatic rings. The van der Waals surface area contributed by atoms with E-state index in [0.717, 1.165) is 0 Å². The first-order chi connectivity index (χ1) is 7.71. The highest BCUT2D eigenvalue weighted by molar-refractivity contribution is 5.85. The van der Waals surface area contributed by atoms with Gasteiger partial charge in [-0.05, 0) is 12.0 Å². The predicted molar refractivity (Wildman–Crippen MR) is 56.2 cm³/mol. The molecule has 0 radical (unpaired) electrons. The molecule has 0 fully saturated rings. The van der Waals surface area contributed by atoms with Gasteiger partial charge in [0, 0.05) is 6.54 Å². The van der Waals surface area contributed by atoms with E-state index in [4.69, 9.17) is 0 Å². The van der Waals surface area contributed by atoms with Crippen molar-refractivity contribution in [2.24, 2.45) is 0 Å². The molecule has 0 bridgehead atoms.